The van der Waals surface area contributed by atoms with E-state index < -0.39 is 5.97 Å². The van der Waals surface area contributed by atoms with Crippen LogP contribution in [0.2, 0.25) is 0 Å². The van der Waals surface area contributed by atoms with Gasteiger partial charge in [0.25, 0.3) is 0 Å². The Kier molecular flexibility index (Phi) is 1.92. The molecule has 0 atom stereocenters. The van der Waals surface area contributed by atoms with Crippen molar-refractivity contribution in [2.75, 3.05) is 5.73 Å². The average Bonchev–Trinajstić information content (AvgIpc) is 2.48. The molecule has 0 saturated heterocycles. The minimum Gasteiger partial charge on any atom is -0.477 e. The number of carbonyl (C=O) groups is 1. The Balaban J connectivity index is 2.72. The molecular weight excluding hydrogens is 250 g/mol. The van der Waals surface area contributed by atoms with Gasteiger partial charge in [-0.25, -0.2) is 9.78 Å². The number of halogens is 1. The minimum absolute atomic E-state index is 0.102. The van der Waals surface area contributed by atoms with Gasteiger partial charge >= 0.3 is 5.97 Å². The molecule has 5 nitrogen and oxygen atoms in total. The van der Waals surface area contributed by atoms with Gasteiger partial charge in [0.15, 0.2) is 0 Å². The van der Waals surface area contributed by atoms with Crippen molar-refractivity contribution >= 4 is 38.8 Å². The number of hydrogen-bond donors (Lipinski definition) is 3. The Morgan fingerprint density at radius 3 is 2.93 bits per heavy atom. The standard InChI is InChI=1S/C8H6BrN3O2/c9-3-1-4-5(12-7(3)10)2-6(11-4)8(13)14/h1-2,11H,(H2,10,12)(H,13,14). The normalized spacial score (nSPS) is 10.6. The van der Waals surface area contributed by atoms with Crippen molar-refractivity contribution in [3.63, 3.8) is 0 Å². The van der Waals surface area contributed by atoms with E-state index in [1.54, 1.807) is 6.07 Å². The second-order valence-corrected chi connectivity index (χ2v) is 3.63. The number of H-pyrrole nitrogens is 1. The number of anilines is 1. The summed E-state index contributed by atoms with van der Waals surface area (Å²) >= 11 is 3.21. The van der Waals surface area contributed by atoms with E-state index in [1.165, 1.54) is 6.07 Å². The molecule has 0 aromatic carbocycles. The maximum Gasteiger partial charge on any atom is 0.352 e. The van der Waals surface area contributed by atoms with Crippen molar-refractivity contribution in [3.8, 4) is 0 Å². The second kappa shape index (κ2) is 2.98. The van der Waals surface area contributed by atoms with Gasteiger partial charge in [0.05, 0.1) is 15.5 Å². The Labute approximate surface area is 87.1 Å². The van der Waals surface area contributed by atoms with Gasteiger partial charge in [0.2, 0.25) is 0 Å². The zero-order chi connectivity index (χ0) is 10.3. The molecule has 0 fully saturated rings. The van der Waals surface area contributed by atoms with Gasteiger partial charge in [-0.3, -0.25) is 0 Å². The zero-order valence-corrected chi connectivity index (χ0v) is 8.50. The van der Waals surface area contributed by atoms with Gasteiger partial charge < -0.3 is 15.8 Å². The topological polar surface area (TPSA) is 92.0 Å². The molecule has 0 spiro atoms. The lowest BCUT2D eigenvalue weighted by atomic mass is 10.3. The van der Waals surface area contributed by atoms with Crippen LogP contribution in [0, 0.1) is 0 Å². The number of carboxylic acids is 1. The smallest absolute Gasteiger partial charge is 0.352 e. The highest BCUT2D eigenvalue weighted by atomic mass is 79.9. The number of aromatic carboxylic acids is 1. The summed E-state index contributed by atoms with van der Waals surface area (Å²) in [5.41, 5.74) is 6.84. The van der Waals surface area contributed by atoms with Crippen LogP contribution in [-0.4, -0.2) is 21.0 Å². The van der Waals surface area contributed by atoms with Crippen LogP contribution >= 0.6 is 15.9 Å². The van der Waals surface area contributed by atoms with Crippen molar-refractivity contribution in [1.29, 1.82) is 0 Å². The number of hydrogen-bond acceptors (Lipinski definition) is 3. The first kappa shape index (κ1) is 9.01. The first-order chi connectivity index (χ1) is 6.58. The highest BCUT2D eigenvalue weighted by Crippen LogP contribution is 2.23. The molecule has 72 valence electrons. The summed E-state index contributed by atoms with van der Waals surface area (Å²) < 4.78 is 0.642. The molecule has 6 heteroatoms. The number of nitrogen functional groups attached to an aromatic ring is 1. The predicted molar refractivity (Wildman–Crippen MR) is 55.2 cm³/mol. The van der Waals surface area contributed by atoms with E-state index in [0.29, 0.717) is 21.3 Å². The molecule has 2 rings (SSSR count). The summed E-state index contributed by atoms with van der Waals surface area (Å²) in [6, 6.07) is 3.14. The lowest BCUT2D eigenvalue weighted by molar-refractivity contribution is 0.0691. The molecule has 14 heavy (non-hydrogen) atoms. The van der Waals surface area contributed by atoms with E-state index in [2.05, 4.69) is 25.9 Å². The first-order valence-corrected chi connectivity index (χ1v) is 4.55. The maximum atomic E-state index is 10.6. The van der Waals surface area contributed by atoms with E-state index in [4.69, 9.17) is 10.8 Å². The summed E-state index contributed by atoms with van der Waals surface area (Å²) in [6.45, 7) is 0. The van der Waals surface area contributed by atoms with Gasteiger partial charge in [-0.05, 0) is 28.1 Å². The van der Waals surface area contributed by atoms with E-state index in [-0.39, 0.29) is 5.69 Å². The molecule has 0 aliphatic heterocycles. The molecule has 4 N–H and O–H groups in total. The van der Waals surface area contributed by atoms with Crippen LogP contribution in [-0.2, 0) is 0 Å². The number of rotatable bonds is 1. The van der Waals surface area contributed by atoms with Crippen LogP contribution in [0.25, 0.3) is 11.0 Å². The molecule has 0 unspecified atom stereocenters. The average molecular weight is 256 g/mol. The van der Waals surface area contributed by atoms with E-state index in [9.17, 15) is 4.79 Å². The number of fused-ring (bicyclic) bond motifs is 1. The Morgan fingerprint density at radius 1 is 1.57 bits per heavy atom. The molecule has 0 bridgehead atoms. The lowest BCUT2D eigenvalue weighted by Gasteiger charge is -1.95. The van der Waals surface area contributed by atoms with Crippen molar-refractivity contribution in [3.05, 3.63) is 22.3 Å². The maximum absolute atomic E-state index is 10.6. The number of nitrogens with zero attached hydrogens (tertiary/aromatic N) is 1. The number of nitrogens with two attached hydrogens (primary N) is 1. The van der Waals surface area contributed by atoms with Gasteiger partial charge in [0, 0.05) is 0 Å². The number of aromatic nitrogens is 2. The third-order valence-electron chi connectivity index (χ3n) is 1.81. The van der Waals surface area contributed by atoms with Gasteiger partial charge in [-0.15, -0.1) is 0 Å². The molecule has 2 aromatic rings. The highest BCUT2D eigenvalue weighted by Gasteiger charge is 2.09. The van der Waals surface area contributed by atoms with E-state index in [1.807, 2.05) is 0 Å². The monoisotopic (exact) mass is 255 g/mol. The summed E-state index contributed by atoms with van der Waals surface area (Å²) in [7, 11) is 0. The molecule has 0 saturated carbocycles. The summed E-state index contributed by atoms with van der Waals surface area (Å²) in [5.74, 6) is -0.675. The molecule has 0 aliphatic carbocycles. The van der Waals surface area contributed by atoms with Crippen molar-refractivity contribution in [2.45, 2.75) is 0 Å². The molecule has 2 heterocycles. The van der Waals surface area contributed by atoms with Gasteiger partial charge in [0.1, 0.15) is 11.5 Å². The fourth-order valence-electron chi connectivity index (χ4n) is 1.16. The Bertz CT molecular complexity index is 482. The number of aromatic amines is 1. The lowest BCUT2D eigenvalue weighted by Crippen LogP contribution is -1.94. The first-order valence-electron chi connectivity index (χ1n) is 3.76. The van der Waals surface area contributed by atoms with E-state index in [0.717, 1.165) is 0 Å². The Hall–Kier alpha value is -1.56. The summed E-state index contributed by atoms with van der Waals surface area (Å²) in [5, 5.41) is 8.72. The third kappa shape index (κ3) is 1.33. The summed E-state index contributed by atoms with van der Waals surface area (Å²) in [4.78, 5) is 17.4. The fraction of sp³-hybridized carbons (Fsp3) is 0. The van der Waals surface area contributed by atoms with Crippen LogP contribution in [0.4, 0.5) is 5.82 Å². The third-order valence-corrected chi connectivity index (χ3v) is 2.45. The molecule has 0 aliphatic rings. The number of pyridine rings is 1. The van der Waals surface area contributed by atoms with Gasteiger partial charge in [-0.2, -0.15) is 0 Å². The van der Waals surface area contributed by atoms with Crippen LogP contribution in [0.1, 0.15) is 10.5 Å². The minimum atomic E-state index is -1.02. The van der Waals surface area contributed by atoms with Crippen LogP contribution in [0.5, 0.6) is 0 Å². The van der Waals surface area contributed by atoms with Crippen LogP contribution in [0.3, 0.4) is 0 Å². The molecule has 0 amide bonds. The zero-order valence-electron chi connectivity index (χ0n) is 6.91. The van der Waals surface area contributed by atoms with E-state index >= 15 is 0 Å². The molecular formula is C8H6BrN3O2. The quantitative estimate of drug-likeness (QED) is 0.722. The van der Waals surface area contributed by atoms with Gasteiger partial charge in [-0.1, -0.05) is 0 Å². The number of carboxylic acid groups (broad SMARTS) is 1. The van der Waals surface area contributed by atoms with Crippen molar-refractivity contribution < 1.29 is 9.90 Å². The Morgan fingerprint density at radius 2 is 2.29 bits per heavy atom. The fourth-order valence-corrected chi connectivity index (χ4v) is 1.48. The van der Waals surface area contributed by atoms with Crippen molar-refractivity contribution in [2.24, 2.45) is 0 Å². The SMILES string of the molecule is Nc1nc2cc(C(=O)O)[nH]c2cc1Br. The second-order valence-electron chi connectivity index (χ2n) is 2.78. The highest BCUT2D eigenvalue weighted by molar-refractivity contribution is 9.10. The molecule has 2 aromatic heterocycles. The van der Waals surface area contributed by atoms with Crippen molar-refractivity contribution in [1.82, 2.24) is 9.97 Å². The molecule has 0 radical (unpaired) electrons. The predicted octanol–water partition coefficient (Wildman–Crippen LogP) is 1.61. The summed E-state index contributed by atoms with van der Waals surface area (Å²) in [6.07, 6.45) is 0. The van der Waals surface area contributed by atoms with Crippen LogP contribution < -0.4 is 5.73 Å². The van der Waals surface area contributed by atoms with Crippen LogP contribution in [0.15, 0.2) is 16.6 Å². The largest absolute Gasteiger partial charge is 0.477 e. The number of nitrogens with one attached hydrogen (secondary N) is 1.